The number of ether oxygens (including phenoxy) is 1. The van der Waals surface area contributed by atoms with Gasteiger partial charge in [0.2, 0.25) is 5.88 Å². The van der Waals surface area contributed by atoms with Crippen LogP contribution in [0.3, 0.4) is 0 Å². The van der Waals surface area contributed by atoms with Crippen molar-refractivity contribution in [2.24, 2.45) is 5.41 Å². The zero-order valence-electron chi connectivity index (χ0n) is 18.4. The number of nitrogens with one attached hydrogen (secondary N) is 2. The van der Waals surface area contributed by atoms with Gasteiger partial charge in [0.15, 0.2) is 0 Å². The molecule has 0 atom stereocenters. The van der Waals surface area contributed by atoms with Gasteiger partial charge in [-0.2, -0.15) is 10.2 Å². The Labute approximate surface area is 191 Å². The number of methoxy groups -OCH3 is 1. The molecule has 2 fully saturated rings. The number of pyridine rings is 1. The smallest absolute Gasteiger partial charge is 0.212 e. The molecule has 7 nitrogen and oxygen atoms in total. The molecule has 1 saturated carbocycles. The minimum atomic E-state index is 0.402. The molecular weight excluding hydrogens is 424 g/mol. The number of aromatic amines is 1. The van der Waals surface area contributed by atoms with Crippen LogP contribution >= 0.6 is 11.6 Å². The molecule has 1 aliphatic carbocycles. The lowest BCUT2D eigenvalue weighted by Gasteiger charge is -2.54. The van der Waals surface area contributed by atoms with Gasteiger partial charge in [-0.3, -0.25) is 9.78 Å². The fourth-order valence-corrected chi connectivity index (χ4v) is 5.59. The van der Waals surface area contributed by atoms with E-state index >= 15 is 0 Å². The lowest BCUT2D eigenvalue weighted by Crippen LogP contribution is -2.60. The fourth-order valence-electron chi connectivity index (χ4n) is 5.34. The van der Waals surface area contributed by atoms with E-state index in [1.54, 1.807) is 7.11 Å². The van der Waals surface area contributed by atoms with Gasteiger partial charge in [0, 0.05) is 53.1 Å². The number of fused-ring (bicyclic) bond motifs is 1. The Balaban J connectivity index is 1.56. The van der Waals surface area contributed by atoms with Gasteiger partial charge >= 0.3 is 0 Å². The monoisotopic (exact) mass is 448 g/mol. The highest BCUT2D eigenvalue weighted by Crippen LogP contribution is 2.52. The summed E-state index contributed by atoms with van der Waals surface area (Å²) in [6.07, 6.45) is 5.99. The summed E-state index contributed by atoms with van der Waals surface area (Å²) in [5, 5.41) is 17.7. The first-order valence-corrected chi connectivity index (χ1v) is 11.3. The predicted octanol–water partition coefficient (Wildman–Crippen LogP) is 4.69. The molecule has 1 spiro atoms. The highest BCUT2D eigenvalue weighted by atomic mass is 35.5. The van der Waals surface area contributed by atoms with Crippen molar-refractivity contribution in [3.8, 4) is 28.3 Å². The second-order valence-electron chi connectivity index (χ2n) is 9.22. The summed E-state index contributed by atoms with van der Waals surface area (Å²) in [6.45, 7) is 6.41. The average molecular weight is 449 g/mol. The molecule has 32 heavy (non-hydrogen) atoms. The van der Waals surface area contributed by atoms with Gasteiger partial charge in [-0.15, -0.1) is 0 Å². The van der Waals surface area contributed by atoms with Gasteiger partial charge in [0.1, 0.15) is 5.69 Å². The van der Waals surface area contributed by atoms with Crippen molar-refractivity contribution in [1.82, 2.24) is 30.3 Å². The number of hydrogen-bond acceptors (Lipinski definition) is 5. The van der Waals surface area contributed by atoms with Crippen LogP contribution in [0.1, 0.15) is 30.1 Å². The Hall–Kier alpha value is -2.90. The van der Waals surface area contributed by atoms with E-state index < -0.39 is 0 Å². The largest absolute Gasteiger partial charge is 0.481 e. The number of nitrogens with zero attached hydrogens (tertiary/aromatic N) is 4. The number of aryl methyl sites for hydroxylation is 1. The SMILES string of the molecule is COc1ccc(-c2nn(C3CC4(CNC4)C3)c(C)c2-c2c(Cl)c(C)cc3[nH]ncc23)cn1. The summed E-state index contributed by atoms with van der Waals surface area (Å²) >= 11 is 6.93. The van der Waals surface area contributed by atoms with Gasteiger partial charge in [-0.25, -0.2) is 4.98 Å². The molecule has 1 saturated heterocycles. The molecule has 0 bridgehead atoms. The molecule has 4 aromatic rings. The van der Waals surface area contributed by atoms with Gasteiger partial charge in [-0.1, -0.05) is 11.6 Å². The summed E-state index contributed by atoms with van der Waals surface area (Å²) in [5.41, 5.74) is 7.41. The van der Waals surface area contributed by atoms with Crippen LogP contribution in [0.4, 0.5) is 0 Å². The maximum absolute atomic E-state index is 6.93. The van der Waals surface area contributed by atoms with Crippen molar-refractivity contribution in [2.75, 3.05) is 20.2 Å². The molecule has 0 unspecified atom stereocenters. The van der Waals surface area contributed by atoms with E-state index in [1.165, 1.54) is 0 Å². The van der Waals surface area contributed by atoms with Crippen LogP contribution in [0.5, 0.6) is 5.88 Å². The first-order chi connectivity index (χ1) is 15.5. The predicted molar refractivity (Wildman–Crippen MR) is 125 cm³/mol. The topological polar surface area (TPSA) is 80.6 Å². The summed E-state index contributed by atoms with van der Waals surface area (Å²) in [5.74, 6) is 0.579. The number of halogens is 1. The molecule has 8 heteroatoms. The standard InChI is InChI=1S/C24H25ClN6O/c1-13-6-18-17(10-28-29-18)21(22(13)25)20-14(2)31(16-7-24(8-16)11-26-12-24)30-23(20)15-4-5-19(32-3)27-9-15/h4-6,9-10,16,26H,7-8,11-12H2,1-3H3,(H,28,29). The van der Waals surface area contributed by atoms with Crippen molar-refractivity contribution in [1.29, 1.82) is 0 Å². The molecule has 3 aromatic heterocycles. The normalized spacial score (nSPS) is 17.5. The average Bonchev–Trinajstić information content (AvgIpc) is 3.32. The van der Waals surface area contributed by atoms with E-state index in [0.717, 1.165) is 75.5 Å². The number of aromatic nitrogens is 5. The molecule has 1 aliphatic heterocycles. The van der Waals surface area contributed by atoms with Crippen molar-refractivity contribution in [3.05, 3.63) is 46.9 Å². The quantitative estimate of drug-likeness (QED) is 0.473. The molecule has 4 heterocycles. The third-order valence-corrected chi connectivity index (χ3v) is 7.65. The van der Waals surface area contributed by atoms with Crippen LogP contribution in [0, 0.1) is 19.3 Å². The molecule has 2 N–H and O–H groups in total. The van der Waals surface area contributed by atoms with E-state index in [4.69, 9.17) is 21.4 Å². The Morgan fingerprint density at radius 3 is 2.62 bits per heavy atom. The van der Waals surface area contributed by atoms with Gasteiger partial charge in [-0.05, 0) is 49.8 Å². The van der Waals surface area contributed by atoms with Gasteiger partial charge in [0.25, 0.3) is 0 Å². The maximum Gasteiger partial charge on any atom is 0.212 e. The summed E-state index contributed by atoms with van der Waals surface area (Å²) in [6, 6.07) is 6.33. The maximum atomic E-state index is 6.93. The molecule has 6 rings (SSSR count). The molecule has 0 radical (unpaired) electrons. The van der Waals surface area contributed by atoms with E-state index in [2.05, 4.69) is 32.1 Å². The van der Waals surface area contributed by atoms with Crippen LogP contribution in [-0.2, 0) is 0 Å². The minimum Gasteiger partial charge on any atom is -0.481 e. The van der Waals surface area contributed by atoms with Crippen LogP contribution < -0.4 is 10.1 Å². The van der Waals surface area contributed by atoms with Crippen LogP contribution in [-0.4, -0.2) is 45.2 Å². The lowest BCUT2D eigenvalue weighted by molar-refractivity contribution is 0.00164. The van der Waals surface area contributed by atoms with Crippen LogP contribution in [0.15, 0.2) is 30.6 Å². The van der Waals surface area contributed by atoms with Crippen molar-refractivity contribution >= 4 is 22.5 Å². The zero-order valence-corrected chi connectivity index (χ0v) is 19.1. The van der Waals surface area contributed by atoms with E-state index in [0.29, 0.717) is 17.3 Å². The Morgan fingerprint density at radius 2 is 1.97 bits per heavy atom. The summed E-state index contributed by atoms with van der Waals surface area (Å²) in [4.78, 5) is 4.43. The van der Waals surface area contributed by atoms with Gasteiger partial charge < -0.3 is 10.1 Å². The number of rotatable bonds is 4. The Bertz CT molecular complexity index is 1330. The van der Waals surface area contributed by atoms with E-state index in [1.807, 2.05) is 37.5 Å². The summed E-state index contributed by atoms with van der Waals surface area (Å²) in [7, 11) is 1.62. The third kappa shape index (κ3) is 2.81. The minimum absolute atomic E-state index is 0.402. The third-order valence-electron chi connectivity index (χ3n) is 7.17. The van der Waals surface area contributed by atoms with E-state index in [9.17, 15) is 0 Å². The Kier molecular flexibility index (Phi) is 4.35. The molecule has 164 valence electrons. The molecule has 1 aromatic carbocycles. The van der Waals surface area contributed by atoms with E-state index in [-0.39, 0.29) is 0 Å². The van der Waals surface area contributed by atoms with Crippen molar-refractivity contribution in [2.45, 2.75) is 32.7 Å². The van der Waals surface area contributed by atoms with Crippen molar-refractivity contribution < 1.29 is 4.74 Å². The molecule has 0 amide bonds. The molecule has 2 aliphatic rings. The first kappa shape index (κ1) is 19.8. The zero-order chi connectivity index (χ0) is 22.0. The lowest BCUT2D eigenvalue weighted by atomic mass is 9.61. The Morgan fingerprint density at radius 1 is 1.16 bits per heavy atom. The highest BCUT2D eigenvalue weighted by molar-refractivity contribution is 6.36. The van der Waals surface area contributed by atoms with Crippen LogP contribution in [0.25, 0.3) is 33.3 Å². The number of hydrogen-bond donors (Lipinski definition) is 2. The number of benzene rings is 1. The summed E-state index contributed by atoms with van der Waals surface area (Å²) < 4.78 is 7.47. The van der Waals surface area contributed by atoms with Crippen LogP contribution in [0.2, 0.25) is 5.02 Å². The van der Waals surface area contributed by atoms with Gasteiger partial charge in [0.05, 0.1) is 29.9 Å². The fraction of sp³-hybridized carbons (Fsp3) is 0.375. The molecular formula is C24H25ClN6O. The highest BCUT2D eigenvalue weighted by Gasteiger charge is 2.50. The second kappa shape index (κ2) is 7.05. The second-order valence-corrected chi connectivity index (χ2v) is 9.60. The first-order valence-electron chi connectivity index (χ1n) is 10.9. The number of H-pyrrole nitrogens is 1. The van der Waals surface area contributed by atoms with Crippen molar-refractivity contribution in [3.63, 3.8) is 0 Å².